The van der Waals surface area contributed by atoms with Gasteiger partial charge in [-0.15, -0.1) is 0 Å². The molecule has 0 spiro atoms. The van der Waals surface area contributed by atoms with E-state index in [2.05, 4.69) is 16.2 Å². The number of benzene rings is 2. The highest BCUT2D eigenvalue weighted by molar-refractivity contribution is 7.89. The maximum Gasteiger partial charge on any atom is 0.246 e. The minimum Gasteiger partial charge on any atom is -0.495 e. The Morgan fingerprint density at radius 3 is 2.55 bits per heavy atom. The molecule has 1 amide bonds. The fourth-order valence-electron chi connectivity index (χ4n) is 3.16. The average molecular weight is 419 g/mol. The number of carbonyl (C=O) groups excluding carboxylic acids is 1. The minimum absolute atomic E-state index is 0.0984. The Balaban J connectivity index is 1.70. The molecule has 156 valence electrons. The van der Waals surface area contributed by atoms with Crippen molar-refractivity contribution in [2.45, 2.75) is 29.9 Å². The lowest BCUT2D eigenvalue weighted by molar-refractivity contribution is -0.123. The van der Waals surface area contributed by atoms with E-state index in [0.717, 1.165) is 15.4 Å². The van der Waals surface area contributed by atoms with Crippen molar-refractivity contribution in [2.75, 3.05) is 21.2 Å². The number of ether oxygens (including phenoxy) is 1. The highest BCUT2D eigenvalue weighted by Gasteiger charge is 2.31. The zero-order chi connectivity index (χ0) is 21.0. The number of rotatable bonds is 7. The lowest BCUT2D eigenvalue weighted by Gasteiger charge is -2.17. The van der Waals surface area contributed by atoms with Crippen molar-refractivity contribution in [3.05, 3.63) is 59.7 Å². The minimum atomic E-state index is -3.66. The van der Waals surface area contributed by atoms with Crippen molar-refractivity contribution in [3.63, 3.8) is 0 Å². The number of methoxy groups -OCH3 is 1. The van der Waals surface area contributed by atoms with Gasteiger partial charge in [-0.1, -0.05) is 36.4 Å². The third kappa shape index (κ3) is 4.76. The van der Waals surface area contributed by atoms with Crippen molar-refractivity contribution in [2.24, 2.45) is 0 Å². The molecule has 2 unspecified atom stereocenters. The first-order chi connectivity index (χ1) is 13.8. The summed E-state index contributed by atoms with van der Waals surface area (Å²) < 4.78 is 31.6. The molecule has 1 heterocycles. The summed E-state index contributed by atoms with van der Waals surface area (Å²) in [5, 5.41) is 2.92. The van der Waals surface area contributed by atoms with Crippen molar-refractivity contribution in [1.29, 1.82) is 0 Å². The van der Waals surface area contributed by atoms with Crippen LogP contribution >= 0.6 is 0 Å². The zero-order valence-corrected chi connectivity index (χ0v) is 17.5. The van der Waals surface area contributed by atoms with Gasteiger partial charge in [0, 0.05) is 26.7 Å². The predicted octanol–water partition coefficient (Wildman–Crippen LogP) is 1.17. The number of nitrogens with zero attached hydrogens (tertiary/aromatic N) is 1. The van der Waals surface area contributed by atoms with Crippen LogP contribution in [-0.2, 0) is 21.4 Å². The molecule has 0 saturated carbocycles. The third-order valence-corrected chi connectivity index (χ3v) is 6.71. The zero-order valence-electron chi connectivity index (χ0n) is 16.7. The molecule has 1 aliphatic rings. The summed E-state index contributed by atoms with van der Waals surface area (Å²) in [6, 6.07) is 14.1. The Hall–Kier alpha value is -2.46. The third-order valence-electron chi connectivity index (χ3n) is 4.88. The molecule has 3 N–H and O–H groups in total. The first kappa shape index (κ1) is 21.3. The molecule has 29 heavy (non-hydrogen) atoms. The van der Waals surface area contributed by atoms with Crippen LogP contribution in [0.25, 0.3) is 0 Å². The van der Waals surface area contributed by atoms with E-state index < -0.39 is 16.1 Å². The van der Waals surface area contributed by atoms with Gasteiger partial charge in [-0.05, 0) is 29.7 Å². The summed E-state index contributed by atoms with van der Waals surface area (Å²) in [4.78, 5) is 12.6. The smallest absolute Gasteiger partial charge is 0.246 e. The van der Waals surface area contributed by atoms with Gasteiger partial charge in [-0.3, -0.25) is 4.79 Å². The predicted molar refractivity (Wildman–Crippen MR) is 110 cm³/mol. The average Bonchev–Trinajstić information content (AvgIpc) is 3.22. The molecule has 2 aromatic rings. The molecule has 9 heteroatoms. The standard InChI is InChI=1S/C20H26N4O4S/c1-24(2)29(26,27)19-11-15(9-10-18(19)28-3)16-12-17(23-22-16)20(25)21-13-14-7-5-4-6-8-14/h4-11,16-17,22-23H,12-13H2,1-3H3,(H,21,25). The molecule has 0 aliphatic carbocycles. The van der Waals surface area contributed by atoms with Gasteiger partial charge in [-0.2, -0.15) is 0 Å². The SMILES string of the molecule is COc1ccc(C2CC(C(=O)NCc3ccccc3)NN2)cc1S(=O)(=O)N(C)C. The maximum absolute atomic E-state index is 12.6. The summed E-state index contributed by atoms with van der Waals surface area (Å²) in [6.45, 7) is 0.455. The highest BCUT2D eigenvalue weighted by atomic mass is 32.2. The van der Waals surface area contributed by atoms with E-state index >= 15 is 0 Å². The van der Waals surface area contributed by atoms with E-state index in [4.69, 9.17) is 4.74 Å². The topological polar surface area (TPSA) is 99.8 Å². The molecule has 0 bridgehead atoms. The van der Waals surface area contributed by atoms with Crippen molar-refractivity contribution >= 4 is 15.9 Å². The summed E-state index contributed by atoms with van der Waals surface area (Å²) in [6.07, 6.45) is 0.494. The van der Waals surface area contributed by atoms with Gasteiger partial charge in [0.25, 0.3) is 0 Å². The lowest BCUT2D eigenvalue weighted by Crippen LogP contribution is -2.42. The fourth-order valence-corrected chi connectivity index (χ4v) is 4.25. The molecular weight excluding hydrogens is 392 g/mol. The number of hydrazine groups is 1. The molecule has 1 saturated heterocycles. The number of amides is 1. The van der Waals surface area contributed by atoms with Gasteiger partial charge in [0.2, 0.25) is 15.9 Å². The highest BCUT2D eigenvalue weighted by Crippen LogP contribution is 2.31. The van der Waals surface area contributed by atoms with E-state index in [1.165, 1.54) is 21.2 Å². The fraction of sp³-hybridized carbons (Fsp3) is 0.350. The molecule has 1 fully saturated rings. The summed E-state index contributed by atoms with van der Waals surface area (Å²) in [5.74, 6) is 0.170. The molecule has 3 rings (SSSR count). The largest absolute Gasteiger partial charge is 0.495 e. The van der Waals surface area contributed by atoms with Gasteiger partial charge in [0.05, 0.1) is 7.11 Å². The first-order valence-corrected chi connectivity index (χ1v) is 10.7. The van der Waals surface area contributed by atoms with Gasteiger partial charge >= 0.3 is 0 Å². The van der Waals surface area contributed by atoms with Crippen LogP contribution in [0.1, 0.15) is 23.6 Å². The van der Waals surface area contributed by atoms with E-state index in [1.54, 1.807) is 18.2 Å². The number of hydrogen-bond acceptors (Lipinski definition) is 6. The molecule has 2 aromatic carbocycles. The van der Waals surface area contributed by atoms with Crippen LogP contribution in [0.15, 0.2) is 53.4 Å². The van der Waals surface area contributed by atoms with Crippen molar-refractivity contribution < 1.29 is 17.9 Å². The molecule has 0 radical (unpaired) electrons. The summed E-state index contributed by atoms with van der Waals surface area (Å²) >= 11 is 0. The van der Waals surface area contributed by atoms with Crippen LogP contribution in [0.3, 0.4) is 0 Å². The molecule has 1 aliphatic heterocycles. The second-order valence-corrected chi connectivity index (χ2v) is 9.15. The van der Waals surface area contributed by atoms with Crippen LogP contribution in [0.4, 0.5) is 0 Å². The molecule has 0 aromatic heterocycles. The molecular formula is C20H26N4O4S. The number of nitrogens with one attached hydrogen (secondary N) is 3. The van der Waals surface area contributed by atoms with Gasteiger partial charge in [0.15, 0.2) is 0 Å². The Bertz CT molecular complexity index is 964. The Morgan fingerprint density at radius 1 is 1.17 bits per heavy atom. The number of hydrogen-bond donors (Lipinski definition) is 3. The maximum atomic E-state index is 12.6. The Labute approximate surface area is 171 Å². The van der Waals surface area contributed by atoms with Crippen molar-refractivity contribution in [3.8, 4) is 5.75 Å². The molecule has 8 nitrogen and oxygen atoms in total. The van der Waals surface area contributed by atoms with Crippen LogP contribution < -0.4 is 20.9 Å². The quantitative estimate of drug-likeness (QED) is 0.624. The van der Waals surface area contributed by atoms with Crippen LogP contribution in [0.2, 0.25) is 0 Å². The monoisotopic (exact) mass is 418 g/mol. The molecule has 2 atom stereocenters. The second kappa shape index (κ2) is 8.91. The number of sulfonamides is 1. The van der Waals surface area contributed by atoms with Crippen LogP contribution in [0.5, 0.6) is 5.75 Å². The van der Waals surface area contributed by atoms with E-state index in [-0.39, 0.29) is 22.6 Å². The van der Waals surface area contributed by atoms with Gasteiger partial charge in [0.1, 0.15) is 16.7 Å². The normalized spacial score (nSPS) is 19.3. The second-order valence-electron chi connectivity index (χ2n) is 7.03. The van der Waals surface area contributed by atoms with E-state index in [1.807, 2.05) is 30.3 Å². The van der Waals surface area contributed by atoms with Crippen LogP contribution in [0, 0.1) is 0 Å². The van der Waals surface area contributed by atoms with E-state index in [9.17, 15) is 13.2 Å². The van der Waals surface area contributed by atoms with E-state index in [0.29, 0.717) is 13.0 Å². The van der Waals surface area contributed by atoms with Crippen LogP contribution in [-0.4, -0.2) is 45.9 Å². The number of carbonyl (C=O) groups is 1. The summed E-state index contributed by atoms with van der Waals surface area (Å²) in [5.41, 5.74) is 7.87. The van der Waals surface area contributed by atoms with Crippen molar-refractivity contribution in [1.82, 2.24) is 20.5 Å². The van der Waals surface area contributed by atoms with Gasteiger partial charge in [-0.25, -0.2) is 23.6 Å². The summed E-state index contributed by atoms with van der Waals surface area (Å²) in [7, 11) is 0.729. The lowest BCUT2D eigenvalue weighted by atomic mass is 10.0. The first-order valence-electron chi connectivity index (χ1n) is 9.26. The Morgan fingerprint density at radius 2 is 1.90 bits per heavy atom. The Kier molecular flexibility index (Phi) is 6.53. The van der Waals surface area contributed by atoms with Gasteiger partial charge < -0.3 is 10.1 Å².